The van der Waals surface area contributed by atoms with Gasteiger partial charge in [-0.15, -0.1) is 0 Å². The van der Waals surface area contributed by atoms with Crippen molar-refractivity contribution in [2.24, 2.45) is 0 Å². The Labute approximate surface area is 119 Å². The predicted molar refractivity (Wildman–Crippen MR) is 70.4 cm³/mol. The largest absolute Gasteiger partial charge is 0.513 e. The molecule has 1 aromatic carbocycles. The van der Waals surface area contributed by atoms with Crippen LogP contribution in [-0.2, 0) is 11.2 Å². The zero-order valence-corrected chi connectivity index (χ0v) is 11.1. The Morgan fingerprint density at radius 1 is 1.29 bits per heavy atom. The van der Waals surface area contributed by atoms with E-state index in [2.05, 4.69) is 11.9 Å². The molecule has 0 radical (unpaired) electrons. The summed E-state index contributed by atoms with van der Waals surface area (Å²) in [6, 6.07) is 3.89. The molecule has 0 aliphatic rings. The number of benzene rings is 1. The normalized spacial score (nSPS) is 11.2. The second-order valence-electron chi connectivity index (χ2n) is 4.54. The van der Waals surface area contributed by atoms with Crippen molar-refractivity contribution in [1.82, 2.24) is 0 Å². The van der Waals surface area contributed by atoms with E-state index in [0.717, 1.165) is 6.07 Å². The van der Waals surface area contributed by atoms with Crippen LogP contribution in [0.15, 0.2) is 30.5 Å². The summed E-state index contributed by atoms with van der Waals surface area (Å²) in [6.45, 7) is 3.31. The fraction of sp³-hybridized carbons (Fsp3) is 0.357. The van der Waals surface area contributed by atoms with Gasteiger partial charge in [0.05, 0.1) is 17.9 Å². The highest BCUT2D eigenvalue weighted by molar-refractivity contribution is 5.90. The highest BCUT2D eigenvalue weighted by atomic mass is 19.4. The van der Waals surface area contributed by atoms with Crippen LogP contribution >= 0.6 is 0 Å². The topological polar surface area (TPSA) is 49.3 Å². The Kier molecular flexibility index (Phi) is 5.75. The molecule has 1 aromatic rings. The minimum absolute atomic E-state index is 0.0323. The van der Waals surface area contributed by atoms with Crippen LogP contribution < -0.4 is 5.32 Å². The first-order chi connectivity index (χ1) is 9.67. The fourth-order valence-electron chi connectivity index (χ4n) is 1.58. The third-order valence-electron chi connectivity index (χ3n) is 2.64. The lowest BCUT2D eigenvalue weighted by molar-refractivity contribution is -0.142. The molecule has 7 heteroatoms. The number of aliphatic hydroxyl groups is 1. The van der Waals surface area contributed by atoms with Crippen molar-refractivity contribution < 1.29 is 27.5 Å². The van der Waals surface area contributed by atoms with E-state index in [4.69, 9.17) is 5.11 Å². The first-order valence-electron chi connectivity index (χ1n) is 6.19. The maximum atomic E-state index is 13.5. The lowest BCUT2D eigenvalue weighted by Gasteiger charge is -2.10. The molecule has 0 aliphatic heterocycles. The number of amides is 1. The summed E-state index contributed by atoms with van der Waals surface area (Å²) in [4.78, 5) is 11.4. The van der Waals surface area contributed by atoms with Gasteiger partial charge in [-0.3, -0.25) is 4.79 Å². The number of hydrogen-bond acceptors (Lipinski definition) is 2. The third kappa shape index (κ3) is 6.78. The maximum Gasteiger partial charge on any atom is 0.389 e. The van der Waals surface area contributed by atoms with Crippen molar-refractivity contribution in [2.75, 3.05) is 5.32 Å². The van der Waals surface area contributed by atoms with Crippen molar-refractivity contribution in [3.05, 3.63) is 41.9 Å². The molecule has 0 unspecified atom stereocenters. The SMILES string of the molecule is C=C(O)CCc1ccc(F)c(NC(=O)CCC(F)(F)F)c1. The molecule has 3 nitrogen and oxygen atoms in total. The highest BCUT2D eigenvalue weighted by Crippen LogP contribution is 2.23. The van der Waals surface area contributed by atoms with Gasteiger partial charge in [0.15, 0.2) is 0 Å². The molecule has 0 aromatic heterocycles. The Hall–Kier alpha value is -2.05. The Balaban J connectivity index is 2.67. The van der Waals surface area contributed by atoms with Gasteiger partial charge in [0.1, 0.15) is 5.82 Å². The van der Waals surface area contributed by atoms with Gasteiger partial charge >= 0.3 is 6.18 Å². The average molecular weight is 305 g/mol. The van der Waals surface area contributed by atoms with Gasteiger partial charge in [-0.05, 0) is 24.1 Å². The van der Waals surface area contributed by atoms with Crippen LogP contribution in [0.4, 0.5) is 23.2 Å². The second-order valence-corrected chi connectivity index (χ2v) is 4.54. The minimum Gasteiger partial charge on any atom is -0.513 e. The van der Waals surface area contributed by atoms with Crippen LogP contribution in [0, 0.1) is 5.82 Å². The van der Waals surface area contributed by atoms with Crippen LogP contribution in [0.3, 0.4) is 0 Å². The lowest BCUT2D eigenvalue weighted by Crippen LogP contribution is -2.17. The monoisotopic (exact) mass is 305 g/mol. The Bertz CT molecular complexity index is 526. The van der Waals surface area contributed by atoms with Gasteiger partial charge in [0.25, 0.3) is 0 Å². The van der Waals surface area contributed by atoms with Crippen molar-refractivity contribution in [3.63, 3.8) is 0 Å². The number of nitrogens with one attached hydrogen (secondary N) is 1. The smallest absolute Gasteiger partial charge is 0.389 e. The molecule has 116 valence electrons. The quantitative estimate of drug-likeness (QED) is 0.614. The summed E-state index contributed by atoms with van der Waals surface area (Å²) in [5, 5.41) is 11.1. The van der Waals surface area contributed by atoms with Crippen molar-refractivity contribution in [3.8, 4) is 0 Å². The molecule has 0 atom stereocenters. The van der Waals surface area contributed by atoms with Crippen molar-refractivity contribution >= 4 is 11.6 Å². The summed E-state index contributed by atoms with van der Waals surface area (Å²) in [5.41, 5.74) is 0.445. The number of halogens is 4. The highest BCUT2D eigenvalue weighted by Gasteiger charge is 2.28. The number of hydrogen-bond donors (Lipinski definition) is 2. The number of carbonyl (C=O) groups excluding carboxylic acids is 1. The number of alkyl halides is 3. The fourth-order valence-corrected chi connectivity index (χ4v) is 1.58. The van der Waals surface area contributed by atoms with E-state index in [9.17, 15) is 22.4 Å². The molecule has 0 spiro atoms. The van der Waals surface area contributed by atoms with Crippen LogP contribution in [0.2, 0.25) is 0 Å². The Morgan fingerprint density at radius 2 is 1.95 bits per heavy atom. The summed E-state index contributed by atoms with van der Waals surface area (Å²) in [7, 11) is 0. The standard InChI is InChI=1S/C14H15F4NO2/c1-9(20)2-3-10-4-5-11(15)12(8-10)19-13(21)6-7-14(16,17)18/h4-5,8,20H,1-3,6-7H2,(H,19,21). The van der Waals surface area contributed by atoms with E-state index < -0.39 is 30.7 Å². The molecule has 0 saturated heterocycles. The average Bonchev–Trinajstić information content (AvgIpc) is 2.36. The molecular weight excluding hydrogens is 290 g/mol. The Morgan fingerprint density at radius 3 is 2.52 bits per heavy atom. The molecule has 0 fully saturated rings. The number of allylic oxidation sites excluding steroid dienone is 1. The van der Waals surface area contributed by atoms with E-state index >= 15 is 0 Å². The van der Waals surface area contributed by atoms with Crippen LogP contribution in [-0.4, -0.2) is 17.2 Å². The second kappa shape index (κ2) is 7.10. The third-order valence-corrected chi connectivity index (χ3v) is 2.64. The summed E-state index contributed by atoms with van der Waals surface area (Å²) >= 11 is 0. The maximum absolute atomic E-state index is 13.5. The van der Waals surface area contributed by atoms with E-state index in [1.54, 1.807) is 0 Å². The number of aryl methyl sites for hydroxylation is 1. The number of rotatable bonds is 6. The lowest BCUT2D eigenvalue weighted by atomic mass is 10.1. The molecule has 1 rings (SSSR count). The summed E-state index contributed by atoms with van der Waals surface area (Å²) in [6.07, 6.45) is -5.81. The van der Waals surface area contributed by atoms with Gasteiger partial charge in [-0.25, -0.2) is 4.39 Å². The molecular formula is C14H15F4NO2. The van der Waals surface area contributed by atoms with Gasteiger partial charge < -0.3 is 10.4 Å². The summed E-state index contributed by atoms with van der Waals surface area (Å²) in [5.74, 6) is -1.67. The van der Waals surface area contributed by atoms with E-state index in [1.165, 1.54) is 12.1 Å². The number of carbonyl (C=O) groups is 1. The van der Waals surface area contributed by atoms with Gasteiger partial charge in [-0.2, -0.15) is 13.2 Å². The van der Waals surface area contributed by atoms with E-state index in [0.29, 0.717) is 12.0 Å². The van der Waals surface area contributed by atoms with Crippen LogP contribution in [0.1, 0.15) is 24.8 Å². The van der Waals surface area contributed by atoms with Gasteiger partial charge in [0.2, 0.25) is 5.91 Å². The van der Waals surface area contributed by atoms with E-state index in [-0.39, 0.29) is 17.9 Å². The van der Waals surface area contributed by atoms with E-state index in [1.807, 2.05) is 0 Å². The molecule has 0 heterocycles. The molecule has 0 aliphatic carbocycles. The number of aliphatic hydroxyl groups excluding tert-OH is 1. The molecule has 21 heavy (non-hydrogen) atoms. The molecule has 0 saturated carbocycles. The first-order valence-corrected chi connectivity index (χ1v) is 6.19. The van der Waals surface area contributed by atoms with Crippen LogP contribution in [0.25, 0.3) is 0 Å². The zero-order chi connectivity index (χ0) is 16.0. The first kappa shape index (κ1) is 17.0. The predicted octanol–water partition coefficient (Wildman–Crippen LogP) is 4.11. The van der Waals surface area contributed by atoms with Gasteiger partial charge in [0, 0.05) is 12.8 Å². The van der Waals surface area contributed by atoms with Crippen LogP contribution in [0.5, 0.6) is 0 Å². The number of anilines is 1. The molecule has 0 bridgehead atoms. The summed E-state index contributed by atoms with van der Waals surface area (Å²) < 4.78 is 49.5. The van der Waals surface area contributed by atoms with Crippen molar-refractivity contribution in [1.29, 1.82) is 0 Å². The van der Waals surface area contributed by atoms with Crippen molar-refractivity contribution in [2.45, 2.75) is 31.9 Å². The molecule has 1 amide bonds. The van der Waals surface area contributed by atoms with Gasteiger partial charge in [-0.1, -0.05) is 12.6 Å². The zero-order valence-electron chi connectivity index (χ0n) is 11.1. The molecule has 2 N–H and O–H groups in total. The minimum atomic E-state index is -4.43.